The van der Waals surface area contributed by atoms with Crippen LogP contribution in [0.2, 0.25) is 5.02 Å². The summed E-state index contributed by atoms with van der Waals surface area (Å²) >= 11 is 5.74. The van der Waals surface area contributed by atoms with E-state index in [1.807, 2.05) is 12.1 Å². The number of carboxylic acid groups (broad SMARTS) is 1. The highest BCUT2D eigenvalue weighted by Crippen LogP contribution is 2.09. The SMILES string of the molecule is O=C(O)CCCCNC(=O)Cc1ccc(Cl)cc1. The van der Waals surface area contributed by atoms with Gasteiger partial charge in [-0.25, -0.2) is 0 Å². The Bertz CT molecular complexity index is 403. The number of halogens is 1. The Balaban J connectivity index is 2.17. The molecule has 5 heteroatoms. The molecule has 0 aliphatic heterocycles. The lowest BCUT2D eigenvalue weighted by Crippen LogP contribution is -2.26. The van der Waals surface area contributed by atoms with Crippen LogP contribution in [0.5, 0.6) is 0 Å². The number of unbranched alkanes of at least 4 members (excludes halogenated alkanes) is 1. The van der Waals surface area contributed by atoms with E-state index in [-0.39, 0.29) is 12.3 Å². The number of rotatable bonds is 7. The second-order valence-electron chi connectivity index (χ2n) is 4.00. The largest absolute Gasteiger partial charge is 0.481 e. The van der Waals surface area contributed by atoms with E-state index in [1.54, 1.807) is 12.1 Å². The smallest absolute Gasteiger partial charge is 0.303 e. The Hall–Kier alpha value is -1.55. The normalized spacial score (nSPS) is 10.1. The zero-order valence-electron chi connectivity index (χ0n) is 9.99. The molecule has 4 nitrogen and oxygen atoms in total. The van der Waals surface area contributed by atoms with Crippen molar-refractivity contribution in [3.05, 3.63) is 34.9 Å². The lowest BCUT2D eigenvalue weighted by Gasteiger charge is -2.04. The molecule has 0 unspecified atom stereocenters. The van der Waals surface area contributed by atoms with Crippen LogP contribution >= 0.6 is 11.6 Å². The number of carbonyl (C=O) groups excluding carboxylic acids is 1. The van der Waals surface area contributed by atoms with Gasteiger partial charge in [0.2, 0.25) is 5.91 Å². The second kappa shape index (κ2) is 7.71. The molecule has 18 heavy (non-hydrogen) atoms. The number of carbonyl (C=O) groups is 2. The Morgan fingerprint density at radius 2 is 1.83 bits per heavy atom. The summed E-state index contributed by atoms with van der Waals surface area (Å²) in [5, 5.41) is 11.8. The van der Waals surface area contributed by atoms with Gasteiger partial charge in [-0.15, -0.1) is 0 Å². The summed E-state index contributed by atoms with van der Waals surface area (Å²) in [6.07, 6.45) is 1.72. The van der Waals surface area contributed by atoms with Crippen LogP contribution in [0.3, 0.4) is 0 Å². The van der Waals surface area contributed by atoms with Crippen molar-refractivity contribution in [1.29, 1.82) is 0 Å². The summed E-state index contributed by atoms with van der Waals surface area (Å²) < 4.78 is 0. The molecule has 0 fully saturated rings. The van der Waals surface area contributed by atoms with Crippen molar-refractivity contribution in [2.45, 2.75) is 25.7 Å². The lowest BCUT2D eigenvalue weighted by molar-refractivity contribution is -0.137. The third-order valence-corrected chi connectivity index (χ3v) is 2.67. The fourth-order valence-electron chi connectivity index (χ4n) is 1.48. The molecule has 2 N–H and O–H groups in total. The van der Waals surface area contributed by atoms with Crippen molar-refractivity contribution >= 4 is 23.5 Å². The third kappa shape index (κ3) is 6.25. The van der Waals surface area contributed by atoms with E-state index in [4.69, 9.17) is 16.7 Å². The van der Waals surface area contributed by atoms with Crippen LogP contribution in [0, 0.1) is 0 Å². The average Bonchev–Trinajstić information content (AvgIpc) is 2.31. The molecule has 0 heterocycles. The summed E-state index contributed by atoms with van der Waals surface area (Å²) in [6, 6.07) is 7.12. The minimum Gasteiger partial charge on any atom is -0.481 e. The van der Waals surface area contributed by atoms with Crippen LogP contribution in [0.1, 0.15) is 24.8 Å². The topological polar surface area (TPSA) is 66.4 Å². The number of hydrogen-bond acceptors (Lipinski definition) is 2. The lowest BCUT2D eigenvalue weighted by atomic mass is 10.1. The second-order valence-corrected chi connectivity index (χ2v) is 4.44. The highest BCUT2D eigenvalue weighted by Gasteiger charge is 2.03. The fourth-order valence-corrected chi connectivity index (χ4v) is 1.61. The Kier molecular flexibility index (Phi) is 6.22. The van der Waals surface area contributed by atoms with E-state index >= 15 is 0 Å². The molecule has 0 aliphatic carbocycles. The first kappa shape index (κ1) is 14.5. The van der Waals surface area contributed by atoms with Crippen molar-refractivity contribution < 1.29 is 14.7 Å². The molecule has 0 aromatic heterocycles. The zero-order valence-corrected chi connectivity index (χ0v) is 10.7. The minimum absolute atomic E-state index is 0.0624. The van der Waals surface area contributed by atoms with E-state index in [0.717, 1.165) is 5.56 Å². The number of carboxylic acids is 1. The van der Waals surface area contributed by atoms with Gasteiger partial charge >= 0.3 is 5.97 Å². The molecular weight excluding hydrogens is 254 g/mol. The van der Waals surface area contributed by atoms with Gasteiger partial charge in [0.05, 0.1) is 6.42 Å². The Morgan fingerprint density at radius 1 is 1.17 bits per heavy atom. The molecule has 98 valence electrons. The zero-order chi connectivity index (χ0) is 13.4. The van der Waals surface area contributed by atoms with Gasteiger partial charge in [-0.3, -0.25) is 9.59 Å². The molecular formula is C13H16ClNO3. The van der Waals surface area contributed by atoms with Crippen molar-refractivity contribution in [2.75, 3.05) is 6.54 Å². The van der Waals surface area contributed by atoms with Crippen molar-refractivity contribution in [3.63, 3.8) is 0 Å². The summed E-state index contributed by atoms with van der Waals surface area (Å²) in [5.74, 6) is -0.866. The minimum atomic E-state index is -0.803. The van der Waals surface area contributed by atoms with Gasteiger partial charge in [-0.2, -0.15) is 0 Å². The number of hydrogen-bond donors (Lipinski definition) is 2. The molecule has 0 saturated heterocycles. The molecule has 0 spiro atoms. The van der Waals surface area contributed by atoms with Crippen LogP contribution in [0.15, 0.2) is 24.3 Å². The van der Waals surface area contributed by atoms with Crippen molar-refractivity contribution in [2.24, 2.45) is 0 Å². The predicted molar refractivity (Wildman–Crippen MR) is 69.7 cm³/mol. The maximum atomic E-state index is 11.5. The predicted octanol–water partition coefficient (Wildman–Crippen LogP) is 2.25. The number of benzene rings is 1. The van der Waals surface area contributed by atoms with Crippen LogP contribution in [-0.4, -0.2) is 23.5 Å². The van der Waals surface area contributed by atoms with Gasteiger partial charge in [0.15, 0.2) is 0 Å². The third-order valence-electron chi connectivity index (χ3n) is 2.42. The number of aliphatic carboxylic acids is 1. The van der Waals surface area contributed by atoms with Gasteiger partial charge in [0, 0.05) is 18.0 Å². The number of amides is 1. The van der Waals surface area contributed by atoms with Gasteiger partial charge in [0.25, 0.3) is 0 Å². The van der Waals surface area contributed by atoms with E-state index in [1.165, 1.54) is 0 Å². The summed E-state index contributed by atoms with van der Waals surface area (Å²) in [6.45, 7) is 0.514. The van der Waals surface area contributed by atoms with Crippen molar-refractivity contribution in [3.8, 4) is 0 Å². The summed E-state index contributed by atoms with van der Waals surface area (Å²) in [7, 11) is 0. The first-order valence-corrected chi connectivity index (χ1v) is 6.18. The van der Waals surface area contributed by atoms with Crippen LogP contribution in [0.4, 0.5) is 0 Å². The molecule has 0 aliphatic rings. The standard InChI is InChI=1S/C13H16ClNO3/c14-11-6-4-10(5-7-11)9-12(16)15-8-2-1-3-13(17)18/h4-7H,1-3,8-9H2,(H,15,16)(H,17,18). The number of nitrogens with one attached hydrogen (secondary N) is 1. The molecule has 0 saturated carbocycles. The average molecular weight is 270 g/mol. The monoisotopic (exact) mass is 269 g/mol. The fraction of sp³-hybridized carbons (Fsp3) is 0.385. The van der Waals surface area contributed by atoms with Gasteiger partial charge in [-0.05, 0) is 30.5 Å². The Labute approximate surface area is 111 Å². The molecule has 1 rings (SSSR count). The van der Waals surface area contributed by atoms with E-state index < -0.39 is 5.97 Å². The summed E-state index contributed by atoms with van der Waals surface area (Å²) in [4.78, 5) is 21.8. The highest BCUT2D eigenvalue weighted by atomic mass is 35.5. The molecule has 1 amide bonds. The van der Waals surface area contributed by atoms with Crippen molar-refractivity contribution in [1.82, 2.24) is 5.32 Å². The molecule has 1 aromatic carbocycles. The first-order chi connectivity index (χ1) is 8.58. The molecule has 0 bridgehead atoms. The van der Waals surface area contributed by atoms with E-state index in [2.05, 4.69) is 5.32 Å². The highest BCUT2D eigenvalue weighted by molar-refractivity contribution is 6.30. The maximum Gasteiger partial charge on any atom is 0.303 e. The van der Waals surface area contributed by atoms with Gasteiger partial charge in [0.1, 0.15) is 0 Å². The Morgan fingerprint density at radius 3 is 2.44 bits per heavy atom. The quantitative estimate of drug-likeness (QED) is 0.746. The molecule has 0 radical (unpaired) electrons. The van der Waals surface area contributed by atoms with Crippen LogP contribution in [-0.2, 0) is 16.0 Å². The van der Waals surface area contributed by atoms with Crippen LogP contribution in [0.25, 0.3) is 0 Å². The van der Waals surface area contributed by atoms with E-state index in [9.17, 15) is 9.59 Å². The van der Waals surface area contributed by atoms with E-state index in [0.29, 0.717) is 30.8 Å². The maximum absolute atomic E-state index is 11.5. The van der Waals surface area contributed by atoms with Gasteiger partial charge < -0.3 is 10.4 Å². The molecule has 0 atom stereocenters. The summed E-state index contributed by atoms with van der Waals surface area (Å²) in [5.41, 5.74) is 0.905. The molecule has 1 aromatic rings. The first-order valence-electron chi connectivity index (χ1n) is 5.81. The van der Waals surface area contributed by atoms with Gasteiger partial charge in [-0.1, -0.05) is 23.7 Å². The van der Waals surface area contributed by atoms with Crippen LogP contribution < -0.4 is 5.32 Å².